The van der Waals surface area contributed by atoms with Gasteiger partial charge in [0, 0.05) is 11.3 Å². The van der Waals surface area contributed by atoms with Crippen molar-refractivity contribution >= 4 is 5.78 Å². The third-order valence-electron chi connectivity index (χ3n) is 4.44. The fourth-order valence-electron chi connectivity index (χ4n) is 2.80. The van der Waals surface area contributed by atoms with Crippen LogP contribution in [0, 0.1) is 11.3 Å². The first-order chi connectivity index (χ1) is 12.9. The van der Waals surface area contributed by atoms with E-state index < -0.39 is 0 Å². The summed E-state index contributed by atoms with van der Waals surface area (Å²) >= 11 is 0. The van der Waals surface area contributed by atoms with Gasteiger partial charge in [-0.3, -0.25) is 4.79 Å². The molecular weight excluding hydrogens is 328 g/mol. The molecule has 1 atom stereocenters. The number of rotatable bonds is 14. The summed E-state index contributed by atoms with van der Waals surface area (Å²) in [4.78, 5) is 12.3. The molecule has 0 aliphatic rings. The van der Waals surface area contributed by atoms with Crippen molar-refractivity contribution in [2.24, 2.45) is 11.3 Å². The van der Waals surface area contributed by atoms with Crippen molar-refractivity contribution in [3.8, 4) is 0 Å². The smallest absolute Gasteiger partial charge is 0.141 e. The largest absolute Gasteiger partial charge is 0.299 e. The second kappa shape index (κ2) is 16.5. The van der Waals surface area contributed by atoms with Gasteiger partial charge in [-0.15, -0.1) is 0 Å². The third kappa shape index (κ3) is 15.2. The predicted octanol–water partition coefficient (Wildman–Crippen LogP) is 8.16. The van der Waals surface area contributed by atoms with E-state index in [2.05, 4.69) is 74.6 Å². The molecule has 0 aromatic rings. The zero-order valence-electron chi connectivity index (χ0n) is 18.4. The molecule has 1 unspecified atom stereocenters. The highest BCUT2D eigenvalue weighted by molar-refractivity contribution is 5.85. The Hall–Kier alpha value is -1.63. The SMILES string of the molecule is CC/C=C\C/C=C\C/C=C\C/C=C\C/C=C\CCC(CC)C(=O)C(C)(C)C. The topological polar surface area (TPSA) is 17.1 Å². The Bertz CT molecular complexity index is 509. The van der Waals surface area contributed by atoms with Crippen LogP contribution in [0.3, 0.4) is 0 Å². The number of hydrogen-bond acceptors (Lipinski definition) is 1. The lowest BCUT2D eigenvalue weighted by atomic mass is 9.80. The second-order valence-corrected chi connectivity index (χ2v) is 8.00. The van der Waals surface area contributed by atoms with Crippen molar-refractivity contribution in [2.75, 3.05) is 0 Å². The standard InChI is InChI=1S/C26H42O/c1-6-8-9-10-11-12-13-14-15-16-17-18-19-20-21-22-23-24(7-2)25(27)26(3,4)5/h8-9,11-12,14-15,17-18,20-21,24H,6-7,10,13,16,19,22-23H2,1-5H3/b9-8-,12-11-,15-14-,18-17-,21-20-. The summed E-state index contributed by atoms with van der Waals surface area (Å²) in [5, 5.41) is 0. The summed E-state index contributed by atoms with van der Waals surface area (Å²) in [7, 11) is 0. The van der Waals surface area contributed by atoms with Gasteiger partial charge in [-0.2, -0.15) is 0 Å². The van der Waals surface area contributed by atoms with Crippen LogP contribution in [0.4, 0.5) is 0 Å². The first kappa shape index (κ1) is 25.4. The molecule has 0 aliphatic heterocycles. The van der Waals surface area contributed by atoms with Crippen molar-refractivity contribution in [1.82, 2.24) is 0 Å². The molecule has 0 spiro atoms. The van der Waals surface area contributed by atoms with Crippen molar-refractivity contribution in [1.29, 1.82) is 0 Å². The van der Waals surface area contributed by atoms with Crippen molar-refractivity contribution in [3.05, 3.63) is 60.8 Å². The average molecular weight is 371 g/mol. The Morgan fingerprint density at radius 2 is 1.11 bits per heavy atom. The summed E-state index contributed by atoms with van der Waals surface area (Å²) in [6, 6.07) is 0. The van der Waals surface area contributed by atoms with Crippen LogP contribution in [-0.2, 0) is 4.79 Å². The van der Waals surface area contributed by atoms with Gasteiger partial charge >= 0.3 is 0 Å². The molecule has 0 fully saturated rings. The molecule has 1 nitrogen and oxygen atoms in total. The van der Waals surface area contributed by atoms with Crippen molar-refractivity contribution < 1.29 is 4.79 Å². The molecule has 0 bridgehead atoms. The maximum Gasteiger partial charge on any atom is 0.141 e. The first-order valence-electron chi connectivity index (χ1n) is 10.7. The monoisotopic (exact) mass is 370 g/mol. The lowest BCUT2D eigenvalue weighted by molar-refractivity contribution is -0.130. The highest BCUT2D eigenvalue weighted by Crippen LogP contribution is 2.25. The second-order valence-electron chi connectivity index (χ2n) is 8.00. The molecule has 152 valence electrons. The van der Waals surface area contributed by atoms with E-state index in [9.17, 15) is 4.79 Å². The molecule has 0 radical (unpaired) electrons. The zero-order valence-corrected chi connectivity index (χ0v) is 18.4. The van der Waals surface area contributed by atoms with E-state index in [-0.39, 0.29) is 11.3 Å². The highest BCUT2D eigenvalue weighted by atomic mass is 16.1. The minimum atomic E-state index is -0.220. The molecule has 0 saturated carbocycles. The molecule has 0 aliphatic carbocycles. The summed E-state index contributed by atoms with van der Waals surface area (Å²) in [6.07, 6.45) is 30.2. The van der Waals surface area contributed by atoms with Gasteiger partial charge in [-0.05, 0) is 51.4 Å². The Morgan fingerprint density at radius 1 is 0.704 bits per heavy atom. The van der Waals surface area contributed by atoms with Gasteiger partial charge in [-0.25, -0.2) is 0 Å². The van der Waals surface area contributed by atoms with Crippen LogP contribution in [0.25, 0.3) is 0 Å². The van der Waals surface area contributed by atoms with Gasteiger partial charge in [0.2, 0.25) is 0 Å². The molecule has 0 saturated heterocycles. The zero-order chi connectivity index (χ0) is 20.4. The van der Waals surface area contributed by atoms with E-state index >= 15 is 0 Å². The molecule has 0 aromatic carbocycles. The lowest BCUT2D eigenvalue weighted by Crippen LogP contribution is -2.27. The number of allylic oxidation sites excluding steroid dienone is 10. The molecule has 27 heavy (non-hydrogen) atoms. The van der Waals surface area contributed by atoms with Crippen LogP contribution in [0.15, 0.2) is 60.8 Å². The number of Topliss-reactive ketones (excluding diaryl/α,β-unsaturated/α-hetero) is 1. The summed E-state index contributed by atoms with van der Waals surface area (Å²) < 4.78 is 0. The van der Waals surface area contributed by atoms with Gasteiger partial charge in [0.05, 0.1) is 0 Å². The quantitative estimate of drug-likeness (QED) is 0.282. The number of carbonyl (C=O) groups excluding carboxylic acids is 1. The minimum absolute atomic E-state index is 0.201. The average Bonchev–Trinajstić information content (AvgIpc) is 2.63. The van der Waals surface area contributed by atoms with Crippen LogP contribution in [0.1, 0.15) is 86.0 Å². The van der Waals surface area contributed by atoms with E-state index in [0.29, 0.717) is 5.78 Å². The van der Waals surface area contributed by atoms with Crippen molar-refractivity contribution in [2.45, 2.75) is 86.0 Å². The molecule has 0 heterocycles. The van der Waals surface area contributed by atoms with Crippen LogP contribution in [0.2, 0.25) is 0 Å². The van der Waals surface area contributed by atoms with Gasteiger partial charge < -0.3 is 0 Å². The van der Waals surface area contributed by atoms with Gasteiger partial charge in [-0.1, -0.05) is 95.4 Å². The molecule has 0 rings (SSSR count). The summed E-state index contributed by atoms with van der Waals surface area (Å²) in [6.45, 7) is 10.3. The molecule has 0 N–H and O–H groups in total. The Labute approximate surface area is 169 Å². The Morgan fingerprint density at radius 3 is 1.48 bits per heavy atom. The van der Waals surface area contributed by atoms with E-state index in [1.165, 1.54) is 0 Å². The van der Waals surface area contributed by atoms with E-state index in [0.717, 1.165) is 51.4 Å². The number of hydrogen-bond donors (Lipinski definition) is 0. The van der Waals surface area contributed by atoms with Crippen LogP contribution >= 0.6 is 0 Å². The van der Waals surface area contributed by atoms with Gasteiger partial charge in [0.25, 0.3) is 0 Å². The normalized spacial score (nSPS) is 14.6. The maximum absolute atomic E-state index is 12.3. The minimum Gasteiger partial charge on any atom is -0.299 e. The molecule has 0 amide bonds. The predicted molar refractivity (Wildman–Crippen MR) is 122 cm³/mol. The van der Waals surface area contributed by atoms with Crippen molar-refractivity contribution in [3.63, 3.8) is 0 Å². The van der Waals surface area contributed by atoms with E-state index in [1.807, 2.05) is 20.8 Å². The molecule has 0 aromatic heterocycles. The molecular formula is C26H42O. The third-order valence-corrected chi connectivity index (χ3v) is 4.44. The van der Waals surface area contributed by atoms with Gasteiger partial charge in [0.15, 0.2) is 0 Å². The van der Waals surface area contributed by atoms with E-state index in [1.54, 1.807) is 0 Å². The summed E-state index contributed by atoms with van der Waals surface area (Å²) in [5.74, 6) is 0.601. The maximum atomic E-state index is 12.3. The lowest BCUT2D eigenvalue weighted by Gasteiger charge is -2.23. The van der Waals surface area contributed by atoms with Crippen LogP contribution < -0.4 is 0 Å². The van der Waals surface area contributed by atoms with Gasteiger partial charge in [0.1, 0.15) is 5.78 Å². The number of carbonyl (C=O) groups is 1. The fraction of sp³-hybridized carbons (Fsp3) is 0.577. The Balaban J connectivity index is 3.83. The summed E-state index contributed by atoms with van der Waals surface area (Å²) in [5.41, 5.74) is -0.220. The van der Waals surface area contributed by atoms with Crippen LogP contribution in [-0.4, -0.2) is 5.78 Å². The first-order valence-corrected chi connectivity index (χ1v) is 10.7. The fourth-order valence-corrected chi connectivity index (χ4v) is 2.80. The number of ketones is 1. The molecule has 1 heteroatoms. The Kier molecular flexibility index (Phi) is 15.5. The van der Waals surface area contributed by atoms with E-state index in [4.69, 9.17) is 0 Å². The highest BCUT2D eigenvalue weighted by Gasteiger charge is 2.27. The van der Waals surface area contributed by atoms with Crippen LogP contribution in [0.5, 0.6) is 0 Å².